The standard InChI is InChI=1S/C19H21F2N3OS.ClH/c20-13-2-1-12(17(21)9-13)8-16-10-22-19(26-16)24-18(25)7-11-5-14-3-4-15(6-11)23-14;/h1-2,9-11,14-15,23H,3-8H2,(H,22,24,25);1H. The molecular weight excluding hydrogens is 392 g/mol. The van der Waals surface area contributed by atoms with Crippen molar-refractivity contribution in [3.8, 4) is 0 Å². The number of carbonyl (C=O) groups is 1. The predicted molar refractivity (Wildman–Crippen MR) is 104 cm³/mol. The van der Waals surface area contributed by atoms with Gasteiger partial charge in [-0.1, -0.05) is 6.07 Å². The summed E-state index contributed by atoms with van der Waals surface area (Å²) in [4.78, 5) is 17.3. The summed E-state index contributed by atoms with van der Waals surface area (Å²) >= 11 is 1.33. The molecule has 0 spiro atoms. The maximum atomic E-state index is 13.8. The Morgan fingerprint density at radius 2 is 2.00 bits per heavy atom. The topological polar surface area (TPSA) is 54.0 Å². The van der Waals surface area contributed by atoms with Gasteiger partial charge >= 0.3 is 0 Å². The molecule has 0 aliphatic carbocycles. The highest BCUT2D eigenvalue weighted by molar-refractivity contribution is 7.15. The molecule has 2 unspecified atom stereocenters. The van der Waals surface area contributed by atoms with Gasteiger partial charge in [-0.2, -0.15) is 0 Å². The van der Waals surface area contributed by atoms with Crippen LogP contribution < -0.4 is 10.6 Å². The van der Waals surface area contributed by atoms with Crippen LogP contribution in [0.5, 0.6) is 0 Å². The van der Waals surface area contributed by atoms with Gasteiger partial charge in [-0.3, -0.25) is 4.79 Å². The molecule has 2 fully saturated rings. The first-order chi connectivity index (χ1) is 12.5. The SMILES string of the molecule is Cl.O=C(CC1CC2CCC(C1)N2)Nc1ncc(Cc2ccc(F)cc2F)s1. The summed E-state index contributed by atoms with van der Waals surface area (Å²) in [6.07, 6.45) is 7.06. The molecule has 1 aromatic heterocycles. The Balaban J connectivity index is 0.00000210. The molecule has 1 aromatic carbocycles. The van der Waals surface area contributed by atoms with Gasteiger partial charge in [-0.25, -0.2) is 13.8 Å². The number of thiazole rings is 1. The van der Waals surface area contributed by atoms with Gasteiger partial charge < -0.3 is 10.6 Å². The molecule has 4 nitrogen and oxygen atoms in total. The van der Waals surface area contributed by atoms with E-state index in [9.17, 15) is 13.6 Å². The van der Waals surface area contributed by atoms with Crippen LogP contribution in [0.1, 0.15) is 42.5 Å². The van der Waals surface area contributed by atoms with Gasteiger partial charge in [0.05, 0.1) is 0 Å². The average Bonchev–Trinajstić information content (AvgIpc) is 3.16. The lowest BCUT2D eigenvalue weighted by Gasteiger charge is -2.28. The van der Waals surface area contributed by atoms with E-state index in [0.29, 0.717) is 41.5 Å². The number of anilines is 1. The van der Waals surface area contributed by atoms with Crippen LogP contribution in [-0.4, -0.2) is 23.0 Å². The quantitative estimate of drug-likeness (QED) is 0.768. The van der Waals surface area contributed by atoms with Crippen LogP contribution >= 0.6 is 23.7 Å². The van der Waals surface area contributed by atoms with Crippen LogP contribution in [0.2, 0.25) is 0 Å². The maximum Gasteiger partial charge on any atom is 0.226 e. The lowest BCUT2D eigenvalue weighted by Crippen LogP contribution is -2.39. The van der Waals surface area contributed by atoms with Crippen LogP contribution in [0.4, 0.5) is 13.9 Å². The summed E-state index contributed by atoms with van der Waals surface area (Å²) in [7, 11) is 0. The number of hydrogen-bond donors (Lipinski definition) is 2. The van der Waals surface area contributed by atoms with Crippen molar-refractivity contribution in [1.29, 1.82) is 0 Å². The Morgan fingerprint density at radius 3 is 2.70 bits per heavy atom. The number of amides is 1. The van der Waals surface area contributed by atoms with Crippen LogP contribution in [0.25, 0.3) is 0 Å². The molecule has 4 rings (SSSR count). The van der Waals surface area contributed by atoms with Crippen LogP contribution in [0.3, 0.4) is 0 Å². The van der Waals surface area contributed by atoms with Crippen molar-refractivity contribution in [1.82, 2.24) is 10.3 Å². The fourth-order valence-corrected chi connectivity index (χ4v) is 4.93. The second kappa shape index (κ2) is 8.63. The fourth-order valence-electron chi connectivity index (χ4n) is 4.07. The number of halogens is 3. The Kier molecular flexibility index (Phi) is 6.44. The lowest BCUT2D eigenvalue weighted by molar-refractivity contribution is -0.117. The second-order valence-electron chi connectivity index (χ2n) is 7.27. The number of piperidine rings is 1. The van der Waals surface area contributed by atoms with Gasteiger partial charge in [0.25, 0.3) is 0 Å². The largest absolute Gasteiger partial charge is 0.311 e. The Hall–Kier alpha value is -1.57. The van der Waals surface area contributed by atoms with E-state index in [1.165, 1.54) is 36.3 Å². The number of fused-ring (bicyclic) bond motifs is 2. The van der Waals surface area contributed by atoms with E-state index in [2.05, 4.69) is 15.6 Å². The zero-order chi connectivity index (χ0) is 18.1. The van der Waals surface area contributed by atoms with Gasteiger partial charge in [-0.05, 0) is 43.2 Å². The van der Waals surface area contributed by atoms with Crippen molar-refractivity contribution in [2.45, 2.75) is 50.6 Å². The van der Waals surface area contributed by atoms with E-state index in [4.69, 9.17) is 0 Å². The van der Waals surface area contributed by atoms with Crippen molar-refractivity contribution in [2.75, 3.05) is 5.32 Å². The highest BCUT2D eigenvalue weighted by atomic mass is 35.5. The van der Waals surface area contributed by atoms with E-state index in [-0.39, 0.29) is 18.3 Å². The summed E-state index contributed by atoms with van der Waals surface area (Å²) in [5, 5.41) is 6.98. The maximum absolute atomic E-state index is 13.8. The smallest absolute Gasteiger partial charge is 0.226 e. The fraction of sp³-hybridized carbons (Fsp3) is 0.474. The molecule has 2 aliphatic rings. The molecule has 2 aliphatic heterocycles. The number of hydrogen-bond acceptors (Lipinski definition) is 4. The average molecular weight is 414 g/mol. The van der Waals surface area contributed by atoms with Gasteiger partial charge in [0.1, 0.15) is 11.6 Å². The third-order valence-electron chi connectivity index (χ3n) is 5.22. The molecule has 2 bridgehead atoms. The minimum atomic E-state index is -0.588. The molecule has 27 heavy (non-hydrogen) atoms. The van der Waals surface area contributed by atoms with Gasteiger partial charge in [0.15, 0.2) is 5.13 Å². The van der Waals surface area contributed by atoms with Crippen molar-refractivity contribution >= 4 is 34.8 Å². The molecule has 2 aromatic rings. The van der Waals surface area contributed by atoms with E-state index in [1.54, 1.807) is 6.20 Å². The number of nitrogens with one attached hydrogen (secondary N) is 2. The molecule has 2 N–H and O–H groups in total. The monoisotopic (exact) mass is 413 g/mol. The summed E-state index contributed by atoms with van der Waals surface area (Å²) in [6, 6.07) is 4.71. The molecule has 0 saturated carbocycles. The van der Waals surface area contributed by atoms with Crippen molar-refractivity contribution in [3.05, 3.63) is 46.5 Å². The number of nitrogens with zero attached hydrogens (tertiary/aromatic N) is 1. The number of aromatic nitrogens is 1. The van der Waals surface area contributed by atoms with Crippen molar-refractivity contribution in [3.63, 3.8) is 0 Å². The molecule has 2 atom stereocenters. The predicted octanol–water partition coefficient (Wildman–Crippen LogP) is 4.29. The Labute approximate surface area is 167 Å². The first-order valence-corrected chi connectivity index (χ1v) is 9.81. The van der Waals surface area contributed by atoms with Gasteiger partial charge in [0.2, 0.25) is 5.91 Å². The lowest BCUT2D eigenvalue weighted by atomic mass is 9.89. The minimum Gasteiger partial charge on any atom is -0.311 e. The Bertz CT molecular complexity index is 804. The first-order valence-electron chi connectivity index (χ1n) is 8.99. The van der Waals surface area contributed by atoms with E-state index in [1.807, 2.05) is 0 Å². The molecule has 8 heteroatoms. The molecule has 146 valence electrons. The zero-order valence-electron chi connectivity index (χ0n) is 14.7. The summed E-state index contributed by atoms with van der Waals surface area (Å²) < 4.78 is 26.7. The summed E-state index contributed by atoms with van der Waals surface area (Å²) in [6.45, 7) is 0. The number of carbonyl (C=O) groups excluding carboxylic acids is 1. The number of benzene rings is 1. The zero-order valence-corrected chi connectivity index (χ0v) is 16.3. The third-order valence-corrected chi connectivity index (χ3v) is 6.14. The summed E-state index contributed by atoms with van der Waals surface area (Å²) in [5.74, 6) is -0.731. The molecular formula is C19H22ClF2N3OS. The highest BCUT2D eigenvalue weighted by Crippen LogP contribution is 2.33. The van der Waals surface area contributed by atoms with Crippen LogP contribution in [-0.2, 0) is 11.2 Å². The third kappa shape index (κ3) is 5.03. The van der Waals surface area contributed by atoms with E-state index < -0.39 is 11.6 Å². The Morgan fingerprint density at radius 1 is 1.26 bits per heavy atom. The molecule has 3 heterocycles. The molecule has 2 saturated heterocycles. The van der Waals surface area contributed by atoms with Crippen LogP contribution in [0.15, 0.2) is 24.4 Å². The summed E-state index contributed by atoms with van der Waals surface area (Å²) in [5.41, 5.74) is 0.415. The van der Waals surface area contributed by atoms with E-state index in [0.717, 1.165) is 23.8 Å². The second-order valence-corrected chi connectivity index (χ2v) is 8.39. The van der Waals surface area contributed by atoms with Gasteiger partial charge in [-0.15, -0.1) is 23.7 Å². The van der Waals surface area contributed by atoms with Crippen molar-refractivity contribution < 1.29 is 13.6 Å². The van der Waals surface area contributed by atoms with Gasteiger partial charge in [0, 0.05) is 42.1 Å². The molecule has 1 amide bonds. The minimum absolute atomic E-state index is 0. The normalized spacial score (nSPS) is 23.7. The number of rotatable bonds is 5. The first kappa shape index (κ1) is 20.2. The highest BCUT2D eigenvalue weighted by Gasteiger charge is 2.34. The van der Waals surface area contributed by atoms with Crippen molar-refractivity contribution in [2.24, 2.45) is 5.92 Å². The van der Waals surface area contributed by atoms with Crippen LogP contribution in [0, 0.1) is 17.6 Å². The van der Waals surface area contributed by atoms with E-state index >= 15 is 0 Å². The molecule has 0 radical (unpaired) electrons.